The molecule has 1 aliphatic heterocycles. The van der Waals surface area contributed by atoms with E-state index in [0.29, 0.717) is 36.8 Å². The summed E-state index contributed by atoms with van der Waals surface area (Å²) in [6.45, 7) is 5.62. The van der Waals surface area contributed by atoms with Crippen molar-refractivity contribution in [1.29, 1.82) is 0 Å². The summed E-state index contributed by atoms with van der Waals surface area (Å²) < 4.78 is 11.1. The van der Waals surface area contributed by atoms with Crippen molar-refractivity contribution in [3.8, 4) is 11.5 Å². The lowest BCUT2D eigenvalue weighted by atomic mass is 10.1. The van der Waals surface area contributed by atoms with E-state index in [4.69, 9.17) is 9.47 Å². The van der Waals surface area contributed by atoms with Gasteiger partial charge < -0.3 is 19.7 Å². The fraction of sp³-hybridized carbons (Fsp3) is 0.364. The number of carbonyl (C=O) groups is 2. The third kappa shape index (κ3) is 4.82. The van der Waals surface area contributed by atoms with Crippen LogP contribution in [-0.2, 0) is 16.0 Å². The second kappa shape index (κ2) is 9.26. The highest BCUT2D eigenvalue weighted by Crippen LogP contribution is 2.30. The summed E-state index contributed by atoms with van der Waals surface area (Å²) >= 11 is 0. The number of carbonyl (C=O) groups excluding carboxylic acids is 2. The lowest BCUT2D eigenvalue weighted by Gasteiger charge is -2.16. The molecule has 2 aromatic carbocycles. The molecule has 2 aromatic rings. The number of nitrogens with zero attached hydrogens (tertiary/aromatic N) is 1. The summed E-state index contributed by atoms with van der Waals surface area (Å²) in [5, 5.41) is 2.91. The zero-order chi connectivity index (χ0) is 19.9. The molecule has 1 aliphatic rings. The predicted octanol–water partition coefficient (Wildman–Crippen LogP) is 3.79. The summed E-state index contributed by atoms with van der Waals surface area (Å²) in [5.74, 6) is 1.31. The molecule has 0 aromatic heterocycles. The second-order valence-electron chi connectivity index (χ2n) is 6.56. The van der Waals surface area contributed by atoms with Gasteiger partial charge in [0.2, 0.25) is 11.8 Å². The summed E-state index contributed by atoms with van der Waals surface area (Å²) in [5.41, 5.74) is 2.36. The fourth-order valence-electron chi connectivity index (χ4n) is 3.24. The Morgan fingerprint density at radius 1 is 1.07 bits per heavy atom. The van der Waals surface area contributed by atoms with Gasteiger partial charge in [0.1, 0.15) is 11.5 Å². The highest BCUT2D eigenvalue weighted by atomic mass is 16.5. The first-order valence-corrected chi connectivity index (χ1v) is 9.69. The van der Waals surface area contributed by atoms with E-state index in [9.17, 15) is 9.59 Å². The molecule has 3 rings (SSSR count). The normalized spacial score (nSPS) is 13.5. The Bertz CT molecular complexity index is 833. The molecule has 1 saturated heterocycles. The SMILES string of the molecule is CCOc1ccc(OCC)c(NC(=O)Cc2ccc(N3CCCC3=O)cc2)c1. The number of hydrogen-bond acceptors (Lipinski definition) is 4. The summed E-state index contributed by atoms with van der Waals surface area (Å²) in [4.78, 5) is 26.2. The minimum atomic E-state index is -0.139. The molecule has 0 aliphatic carbocycles. The molecule has 148 valence electrons. The van der Waals surface area contributed by atoms with Crippen molar-refractivity contribution >= 4 is 23.2 Å². The van der Waals surface area contributed by atoms with Crippen molar-refractivity contribution in [1.82, 2.24) is 0 Å². The number of benzene rings is 2. The molecule has 1 heterocycles. The molecule has 6 nitrogen and oxygen atoms in total. The molecule has 2 amide bonds. The number of ether oxygens (including phenoxy) is 2. The van der Waals surface area contributed by atoms with Crippen LogP contribution in [0.25, 0.3) is 0 Å². The second-order valence-corrected chi connectivity index (χ2v) is 6.56. The number of nitrogens with one attached hydrogen (secondary N) is 1. The number of rotatable bonds is 8. The van der Waals surface area contributed by atoms with Gasteiger partial charge in [-0.25, -0.2) is 0 Å². The number of anilines is 2. The van der Waals surface area contributed by atoms with Crippen LogP contribution in [0.3, 0.4) is 0 Å². The highest BCUT2D eigenvalue weighted by Gasteiger charge is 2.21. The van der Waals surface area contributed by atoms with Crippen LogP contribution in [0.2, 0.25) is 0 Å². The van der Waals surface area contributed by atoms with Gasteiger partial charge in [-0.05, 0) is 50.1 Å². The van der Waals surface area contributed by atoms with Crippen molar-refractivity contribution in [3.63, 3.8) is 0 Å². The van der Waals surface area contributed by atoms with Gasteiger partial charge in [-0.3, -0.25) is 9.59 Å². The Hall–Kier alpha value is -3.02. The molecule has 1 N–H and O–H groups in total. The Balaban J connectivity index is 1.66. The van der Waals surface area contributed by atoms with Crippen LogP contribution in [-0.4, -0.2) is 31.6 Å². The molecule has 0 saturated carbocycles. The zero-order valence-electron chi connectivity index (χ0n) is 16.4. The fourth-order valence-corrected chi connectivity index (χ4v) is 3.24. The third-order valence-electron chi connectivity index (χ3n) is 4.52. The standard InChI is InChI=1S/C22H26N2O4/c1-3-27-18-11-12-20(28-4-2)19(15-18)23-21(25)14-16-7-9-17(10-8-16)24-13-5-6-22(24)26/h7-12,15H,3-6,13-14H2,1-2H3,(H,23,25). The van der Waals surface area contributed by atoms with E-state index in [-0.39, 0.29) is 18.2 Å². The van der Waals surface area contributed by atoms with Crippen molar-refractivity contribution in [3.05, 3.63) is 48.0 Å². The van der Waals surface area contributed by atoms with E-state index in [0.717, 1.165) is 24.2 Å². The lowest BCUT2D eigenvalue weighted by molar-refractivity contribution is -0.117. The van der Waals surface area contributed by atoms with Crippen LogP contribution in [0.15, 0.2) is 42.5 Å². The number of hydrogen-bond donors (Lipinski definition) is 1. The molecule has 0 unspecified atom stereocenters. The molecule has 0 atom stereocenters. The average Bonchev–Trinajstić information content (AvgIpc) is 3.11. The van der Waals surface area contributed by atoms with E-state index < -0.39 is 0 Å². The maximum Gasteiger partial charge on any atom is 0.228 e. The van der Waals surface area contributed by atoms with Crippen LogP contribution < -0.4 is 19.7 Å². The Labute approximate surface area is 165 Å². The maximum atomic E-state index is 12.5. The highest BCUT2D eigenvalue weighted by molar-refractivity contribution is 5.96. The number of amides is 2. The molecular formula is C22H26N2O4. The van der Waals surface area contributed by atoms with Gasteiger partial charge in [0.05, 0.1) is 25.3 Å². The van der Waals surface area contributed by atoms with Gasteiger partial charge in [0.25, 0.3) is 0 Å². The van der Waals surface area contributed by atoms with Gasteiger partial charge in [-0.2, -0.15) is 0 Å². The van der Waals surface area contributed by atoms with Crippen LogP contribution in [0.4, 0.5) is 11.4 Å². The van der Waals surface area contributed by atoms with Crippen molar-refractivity contribution in [2.45, 2.75) is 33.1 Å². The minimum absolute atomic E-state index is 0.139. The summed E-state index contributed by atoms with van der Waals surface area (Å²) in [6.07, 6.45) is 1.73. The zero-order valence-corrected chi connectivity index (χ0v) is 16.4. The summed E-state index contributed by atoms with van der Waals surface area (Å²) in [6, 6.07) is 13.0. The van der Waals surface area contributed by atoms with Crippen LogP contribution in [0.5, 0.6) is 11.5 Å². The van der Waals surface area contributed by atoms with Crippen molar-refractivity contribution in [2.75, 3.05) is 30.0 Å². The topological polar surface area (TPSA) is 67.9 Å². The third-order valence-corrected chi connectivity index (χ3v) is 4.52. The predicted molar refractivity (Wildman–Crippen MR) is 109 cm³/mol. The van der Waals surface area contributed by atoms with E-state index in [1.165, 1.54) is 0 Å². The molecule has 0 bridgehead atoms. The van der Waals surface area contributed by atoms with E-state index in [2.05, 4.69) is 5.32 Å². The smallest absolute Gasteiger partial charge is 0.228 e. The van der Waals surface area contributed by atoms with Gasteiger partial charge in [-0.15, -0.1) is 0 Å². The molecular weight excluding hydrogens is 356 g/mol. The molecule has 0 spiro atoms. The average molecular weight is 382 g/mol. The van der Waals surface area contributed by atoms with Crippen LogP contribution in [0, 0.1) is 0 Å². The molecule has 28 heavy (non-hydrogen) atoms. The largest absolute Gasteiger partial charge is 0.494 e. The molecule has 0 radical (unpaired) electrons. The van der Waals surface area contributed by atoms with E-state index in [1.54, 1.807) is 17.0 Å². The van der Waals surface area contributed by atoms with Gasteiger partial charge in [0.15, 0.2) is 0 Å². The molecule has 6 heteroatoms. The van der Waals surface area contributed by atoms with E-state index in [1.807, 2.05) is 44.2 Å². The summed E-state index contributed by atoms with van der Waals surface area (Å²) in [7, 11) is 0. The van der Waals surface area contributed by atoms with Crippen molar-refractivity contribution in [2.24, 2.45) is 0 Å². The molecule has 1 fully saturated rings. The van der Waals surface area contributed by atoms with Crippen molar-refractivity contribution < 1.29 is 19.1 Å². The Kier molecular flexibility index (Phi) is 6.53. The van der Waals surface area contributed by atoms with Crippen LogP contribution >= 0.6 is 0 Å². The first-order valence-electron chi connectivity index (χ1n) is 9.69. The van der Waals surface area contributed by atoms with Gasteiger partial charge >= 0.3 is 0 Å². The van der Waals surface area contributed by atoms with Crippen LogP contribution in [0.1, 0.15) is 32.3 Å². The van der Waals surface area contributed by atoms with Gasteiger partial charge in [0, 0.05) is 24.7 Å². The Morgan fingerprint density at radius 2 is 1.82 bits per heavy atom. The van der Waals surface area contributed by atoms with Gasteiger partial charge in [-0.1, -0.05) is 12.1 Å². The first-order chi connectivity index (χ1) is 13.6. The maximum absolute atomic E-state index is 12.5. The Morgan fingerprint density at radius 3 is 2.46 bits per heavy atom. The quantitative estimate of drug-likeness (QED) is 0.754. The monoisotopic (exact) mass is 382 g/mol. The lowest BCUT2D eigenvalue weighted by Crippen LogP contribution is -2.23. The minimum Gasteiger partial charge on any atom is -0.494 e. The first kappa shape index (κ1) is 19.7. The van der Waals surface area contributed by atoms with E-state index >= 15 is 0 Å².